The van der Waals surface area contributed by atoms with Crippen LogP contribution in [0.1, 0.15) is 31.2 Å². The summed E-state index contributed by atoms with van der Waals surface area (Å²) in [5.74, 6) is 2.19. The number of hydrogen-bond acceptors (Lipinski definition) is 3. The maximum atomic E-state index is 6.11. The molecule has 0 amide bonds. The zero-order chi connectivity index (χ0) is 15.8. The highest BCUT2D eigenvalue weighted by atomic mass is 127. The number of methoxy groups -OCH3 is 2. The van der Waals surface area contributed by atoms with Gasteiger partial charge in [0, 0.05) is 19.6 Å². The molecule has 2 rings (SSSR count). The van der Waals surface area contributed by atoms with Crippen LogP contribution in [0.2, 0.25) is 0 Å². The van der Waals surface area contributed by atoms with Crippen LogP contribution in [-0.2, 0) is 6.42 Å². The number of hydrogen-bond donors (Lipinski definition) is 1. The van der Waals surface area contributed by atoms with Gasteiger partial charge < -0.3 is 20.1 Å². The molecule has 1 aliphatic rings. The van der Waals surface area contributed by atoms with E-state index < -0.39 is 0 Å². The minimum absolute atomic E-state index is 0. The summed E-state index contributed by atoms with van der Waals surface area (Å²) in [6.45, 7) is 2.76. The highest BCUT2D eigenvalue weighted by Gasteiger charge is 2.10. The van der Waals surface area contributed by atoms with Crippen LogP contribution in [0.15, 0.2) is 23.2 Å². The third-order valence-electron chi connectivity index (χ3n) is 4.05. The van der Waals surface area contributed by atoms with Crippen LogP contribution in [0.4, 0.5) is 0 Å². The molecule has 6 heteroatoms. The lowest BCUT2D eigenvalue weighted by Gasteiger charge is -2.21. The zero-order valence-electron chi connectivity index (χ0n) is 14.1. The quantitative estimate of drug-likeness (QED) is 0.441. The van der Waals surface area contributed by atoms with E-state index in [1.54, 1.807) is 14.2 Å². The summed E-state index contributed by atoms with van der Waals surface area (Å²) in [6.07, 6.45) is 5.87. The second-order valence-electron chi connectivity index (χ2n) is 5.58. The van der Waals surface area contributed by atoms with E-state index in [1.165, 1.54) is 31.2 Å². The molecule has 1 aromatic rings. The highest BCUT2D eigenvalue weighted by molar-refractivity contribution is 14.0. The summed E-state index contributed by atoms with van der Waals surface area (Å²) in [4.78, 5) is 6.74. The largest absolute Gasteiger partial charge is 0.493 e. The fourth-order valence-electron chi connectivity index (χ4n) is 2.74. The Morgan fingerprint density at radius 1 is 1.09 bits per heavy atom. The van der Waals surface area contributed by atoms with Crippen LogP contribution in [0, 0.1) is 0 Å². The van der Waals surface area contributed by atoms with Gasteiger partial charge in [-0.05, 0) is 37.0 Å². The third kappa shape index (κ3) is 6.08. The highest BCUT2D eigenvalue weighted by Crippen LogP contribution is 2.27. The van der Waals surface area contributed by atoms with Crippen molar-refractivity contribution in [1.29, 1.82) is 0 Å². The molecule has 5 nitrogen and oxygen atoms in total. The Labute approximate surface area is 156 Å². The summed E-state index contributed by atoms with van der Waals surface area (Å²) in [5, 5.41) is 0. The SMILES string of the molecule is COc1ccc(CCN=C(N)N2CCCCCC2)cc1OC.I. The Bertz CT molecular complexity index is 501. The molecule has 1 fully saturated rings. The molecule has 0 aliphatic carbocycles. The molecule has 0 atom stereocenters. The second-order valence-corrected chi connectivity index (χ2v) is 5.58. The number of ether oxygens (including phenoxy) is 2. The lowest BCUT2D eigenvalue weighted by molar-refractivity contribution is 0.354. The predicted molar refractivity (Wildman–Crippen MR) is 105 cm³/mol. The molecule has 0 spiro atoms. The van der Waals surface area contributed by atoms with Crippen LogP contribution in [-0.4, -0.2) is 44.7 Å². The lowest BCUT2D eigenvalue weighted by Crippen LogP contribution is -2.38. The van der Waals surface area contributed by atoms with E-state index >= 15 is 0 Å². The smallest absolute Gasteiger partial charge is 0.191 e. The first kappa shape index (κ1) is 19.9. The summed E-state index contributed by atoms with van der Waals surface area (Å²) in [5.41, 5.74) is 7.29. The number of aliphatic imine (C=N–C) groups is 1. The lowest BCUT2D eigenvalue weighted by atomic mass is 10.1. The molecule has 0 aromatic heterocycles. The van der Waals surface area contributed by atoms with Gasteiger partial charge in [-0.3, -0.25) is 4.99 Å². The van der Waals surface area contributed by atoms with E-state index in [2.05, 4.69) is 9.89 Å². The van der Waals surface area contributed by atoms with Crippen molar-refractivity contribution in [1.82, 2.24) is 4.90 Å². The Kier molecular flexibility index (Phi) is 9.13. The molecular weight excluding hydrogens is 405 g/mol. The van der Waals surface area contributed by atoms with Gasteiger partial charge in [-0.15, -0.1) is 24.0 Å². The molecule has 23 heavy (non-hydrogen) atoms. The Balaban J connectivity index is 0.00000264. The monoisotopic (exact) mass is 433 g/mol. The van der Waals surface area contributed by atoms with Crippen molar-refractivity contribution in [2.24, 2.45) is 10.7 Å². The number of nitrogens with zero attached hydrogens (tertiary/aromatic N) is 2. The van der Waals surface area contributed by atoms with E-state index in [0.29, 0.717) is 12.5 Å². The van der Waals surface area contributed by atoms with E-state index in [4.69, 9.17) is 15.2 Å². The van der Waals surface area contributed by atoms with Crippen LogP contribution in [0.3, 0.4) is 0 Å². The number of guanidine groups is 1. The first-order valence-corrected chi connectivity index (χ1v) is 8.00. The van der Waals surface area contributed by atoms with E-state index in [9.17, 15) is 0 Å². The third-order valence-corrected chi connectivity index (χ3v) is 4.05. The molecule has 130 valence electrons. The van der Waals surface area contributed by atoms with Crippen LogP contribution >= 0.6 is 24.0 Å². The number of nitrogens with two attached hydrogens (primary N) is 1. The fourth-order valence-corrected chi connectivity index (χ4v) is 2.74. The van der Waals surface area contributed by atoms with Gasteiger partial charge in [-0.2, -0.15) is 0 Å². The van der Waals surface area contributed by atoms with Gasteiger partial charge in [0.2, 0.25) is 0 Å². The molecule has 0 radical (unpaired) electrons. The van der Waals surface area contributed by atoms with Crippen LogP contribution < -0.4 is 15.2 Å². The maximum Gasteiger partial charge on any atom is 0.191 e. The van der Waals surface area contributed by atoms with Crippen LogP contribution in [0.25, 0.3) is 0 Å². The average Bonchev–Trinajstić information content (AvgIpc) is 2.83. The normalized spacial score (nSPS) is 15.6. The second kappa shape index (κ2) is 10.6. The number of halogens is 1. The summed E-state index contributed by atoms with van der Waals surface area (Å²) >= 11 is 0. The molecule has 1 aromatic carbocycles. The summed E-state index contributed by atoms with van der Waals surface area (Å²) in [7, 11) is 3.29. The van der Waals surface area contributed by atoms with Gasteiger partial charge in [0.25, 0.3) is 0 Å². The van der Waals surface area contributed by atoms with Crippen molar-refractivity contribution < 1.29 is 9.47 Å². The Morgan fingerprint density at radius 3 is 2.35 bits per heavy atom. The maximum absolute atomic E-state index is 6.11. The van der Waals surface area contributed by atoms with E-state index in [0.717, 1.165) is 31.0 Å². The number of benzene rings is 1. The van der Waals surface area contributed by atoms with E-state index in [-0.39, 0.29) is 24.0 Å². The van der Waals surface area contributed by atoms with Crippen molar-refractivity contribution in [2.75, 3.05) is 33.9 Å². The molecule has 0 bridgehead atoms. The van der Waals surface area contributed by atoms with Gasteiger partial charge in [-0.1, -0.05) is 18.9 Å². The Hall–Kier alpha value is -1.18. The minimum Gasteiger partial charge on any atom is -0.493 e. The van der Waals surface area contributed by atoms with Crippen molar-refractivity contribution in [2.45, 2.75) is 32.1 Å². The van der Waals surface area contributed by atoms with Crippen molar-refractivity contribution >= 4 is 29.9 Å². The van der Waals surface area contributed by atoms with Gasteiger partial charge in [-0.25, -0.2) is 0 Å². The molecule has 1 saturated heterocycles. The fraction of sp³-hybridized carbons (Fsp3) is 0.588. The number of rotatable bonds is 5. The van der Waals surface area contributed by atoms with Crippen molar-refractivity contribution in [3.05, 3.63) is 23.8 Å². The van der Waals surface area contributed by atoms with Crippen molar-refractivity contribution in [3.8, 4) is 11.5 Å². The molecule has 1 aliphatic heterocycles. The van der Waals surface area contributed by atoms with Crippen LogP contribution in [0.5, 0.6) is 11.5 Å². The number of likely N-dealkylation sites (tertiary alicyclic amines) is 1. The standard InChI is InChI=1S/C17H27N3O2.HI/c1-21-15-8-7-14(13-16(15)22-2)9-10-19-17(18)20-11-5-3-4-6-12-20;/h7-8,13H,3-6,9-12H2,1-2H3,(H2,18,19);1H. The van der Waals surface area contributed by atoms with Gasteiger partial charge in [0.1, 0.15) is 0 Å². The zero-order valence-corrected chi connectivity index (χ0v) is 16.4. The summed E-state index contributed by atoms with van der Waals surface area (Å²) < 4.78 is 10.6. The van der Waals surface area contributed by atoms with Gasteiger partial charge >= 0.3 is 0 Å². The molecule has 1 heterocycles. The van der Waals surface area contributed by atoms with E-state index in [1.807, 2.05) is 18.2 Å². The average molecular weight is 433 g/mol. The van der Waals surface area contributed by atoms with Gasteiger partial charge in [0.15, 0.2) is 17.5 Å². The first-order valence-electron chi connectivity index (χ1n) is 8.00. The molecule has 0 unspecified atom stereocenters. The Morgan fingerprint density at radius 2 is 1.74 bits per heavy atom. The molecule has 2 N–H and O–H groups in total. The molecular formula is C17H28IN3O2. The molecule has 0 saturated carbocycles. The van der Waals surface area contributed by atoms with Crippen molar-refractivity contribution in [3.63, 3.8) is 0 Å². The topological polar surface area (TPSA) is 60.1 Å². The predicted octanol–water partition coefficient (Wildman–Crippen LogP) is 3.06. The minimum atomic E-state index is 0. The summed E-state index contributed by atoms with van der Waals surface area (Å²) in [6, 6.07) is 5.96. The van der Waals surface area contributed by atoms with Gasteiger partial charge in [0.05, 0.1) is 14.2 Å². The first-order chi connectivity index (χ1) is 10.7.